The maximum absolute atomic E-state index is 13.1. The van der Waals surface area contributed by atoms with E-state index in [0.717, 1.165) is 5.56 Å². The van der Waals surface area contributed by atoms with E-state index in [9.17, 15) is 14.4 Å². The highest BCUT2D eigenvalue weighted by Crippen LogP contribution is 2.18. The second kappa shape index (κ2) is 10.7. The Bertz CT molecular complexity index is 1020. The first-order valence-electron chi connectivity index (χ1n) is 9.92. The lowest BCUT2D eigenvalue weighted by atomic mass is 10.1. The fraction of sp³-hybridized carbons (Fsp3) is 0.160. The largest absolute Gasteiger partial charge is 0.465 e. The number of carbonyl (C=O) groups excluding carboxylic acids is 3. The predicted molar refractivity (Wildman–Crippen MR) is 117 cm³/mol. The van der Waals surface area contributed by atoms with Crippen molar-refractivity contribution in [1.82, 2.24) is 0 Å². The summed E-state index contributed by atoms with van der Waals surface area (Å²) in [6.45, 7) is 1.90. The Labute approximate surface area is 181 Å². The highest BCUT2D eigenvalue weighted by atomic mass is 16.5. The number of anilines is 1. The molecule has 3 rings (SSSR count). The van der Waals surface area contributed by atoms with Crippen LogP contribution in [0.2, 0.25) is 0 Å². The van der Waals surface area contributed by atoms with Gasteiger partial charge in [-0.05, 0) is 48.9 Å². The molecule has 0 N–H and O–H groups in total. The SMILES string of the molecule is CCOC(=O)CN(C(=O)c1ccc(C(=O)OCc2ccccc2)cc1)c1ccccc1. The molecule has 3 aromatic rings. The van der Waals surface area contributed by atoms with Crippen LogP contribution in [-0.2, 0) is 20.9 Å². The summed E-state index contributed by atoms with van der Waals surface area (Å²) in [6, 6.07) is 24.4. The van der Waals surface area contributed by atoms with Gasteiger partial charge in [0.15, 0.2) is 0 Å². The number of rotatable bonds is 8. The maximum atomic E-state index is 13.1. The third kappa shape index (κ3) is 6.02. The van der Waals surface area contributed by atoms with Crippen molar-refractivity contribution in [2.24, 2.45) is 0 Å². The van der Waals surface area contributed by atoms with Crippen LogP contribution in [0.5, 0.6) is 0 Å². The van der Waals surface area contributed by atoms with E-state index < -0.39 is 11.9 Å². The Morgan fingerprint density at radius 3 is 1.94 bits per heavy atom. The normalized spacial score (nSPS) is 10.2. The first-order valence-corrected chi connectivity index (χ1v) is 9.92. The van der Waals surface area contributed by atoms with E-state index in [2.05, 4.69) is 0 Å². The van der Waals surface area contributed by atoms with Gasteiger partial charge in [0.05, 0.1) is 12.2 Å². The average molecular weight is 417 g/mol. The molecule has 0 spiro atoms. The molecular weight excluding hydrogens is 394 g/mol. The minimum atomic E-state index is -0.499. The van der Waals surface area contributed by atoms with Crippen molar-refractivity contribution in [3.63, 3.8) is 0 Å². The zero-order valence-corrected chi connectivity index (χ0v) is 17.2. The zero-order chi connectivity index (χ0) is 22.1. The van der Waals surface area contributed by atoms with Gasteiger partial charge in [0.1, 0.15) is 13.2 Å². The highest BCUT2D eigenvalue weighted by molar-refractivity contribution is 6.08. The lowest BCUT2D eigenvalue weighted by Crippen LogP contribution is -2.36. The summed E-state index contributed by atoms with van der Waals surface area (Å²) >= 11 is 0. The number of benzene rings is 3. The standard InChI is InChI=1S/C25H23NO5/c1-2-30-23(27)17-26(22-11-7-4-8-12-22)24(28)20-13-15-21(16-14-20)25(29)31-18-19-9-5-3-6-10-19/h3-16H,2,17-18H2,1H3. The third-order valence-corrected chi connectivity index (χ3v) is 4.49. The number of carbonyl (C=O) groups is 3. The number of amides is 1. The Morgan fingerprint density at radius 2 is 1.32 bits per heavy atom. The van der Waals surface area contributed by atoms with Crippen LogP contribution in [0.4, 0.5) is 5.69 Å². The van der Waals surface area contributed by atoms with Gasteiger partial charge >= 0.3 is 11.9 Å². The van der Waals surface area contributed by atoms with Gasteiger partial charge in [0, 0.05) is 11.3 Å². The van der Waals surface area contributed by atoms with Crippen LogP contribution in [0.1, 0.15) is 33.2 Å². The van der Waals surface area contributed by atoms with Crippen LogP contribution >= 0.6 is 0 Å². The fourth-order valence-corrected chi connectivity index (χ4v) is 2.94. The van der Waals surface area contributed by atoms with Gasteiger partial charge in [-0.2, -0.15) is 0 Å². The number of esters is 2. The summed E-state index contributed by atoms with van der Waals surface area (Å²) in [5, 5.41) is 0. The number of para-hydroxylation sites is 1. The lowest BCUT2D eigenvalue weighted by molar-refractivity contribution is -0.141. The van der Waals surface area contributed by atoms with Crippen LogP contribution in [0, 0.1) is 0 Å². The first kappa shape index (κ1) is 21.8. The third-order valence-electron chi connectivity index (χ3n) is 4.49. The van der Waals surface area contributed by atoms with Crippen LogP contribution < -0.4 is 4.90 Å². The van der Waals surface area contributed by atoms with Gasteiger partial charge in [-0.1, -0.05) is 48.5 Å². The molecule has 0 atom stereocenters. The van der Waals surface area contributed by atoms with Gasteiger partial charge in [-0.3, -0.25) is 14.5 Å². The van der Waals surface area contributed by atoms with Crippen molar-refractivity contribution >= 4 is 23.5 Å². The van der Waals surface area contributed by atoms with Gasteiger partial charge in [0.2, 0.25) is 0 Å². The molecule has 1 amide bonds. The van der Waals surface area contributed by atoms with E-state index in [1.54, 1.807) is 43.3 Å². The van der Waals surface area contributed by atoms with E-state index in [1.807, 2.05) is 36.4 Å². The molecule has 0 aromatic heterocycles. The zero-order valence-electron chi connectivity index (χ0n) is 17.2. The second-order valence-electron chi connectivity index (χ2n) is 6.67. The van der Waals surface area contributed by atoms with Crippen molar-refractivity contribution in [3.8, 4) is 0 Å². The predicted octanol–water partition coefficient (Wildman–Crippen LogP) is 4.25. The lowest BCUT2D eigenvalue weighted by Gasteiger charge is -2.22. The van der Waals surface area contributed by atoms with Crippen molar-refractivity contribution in [2.45, 2.75) is 13.5 Å². The molecular formula is C25H23NO5. The monoisotopic (exact) mass is 417 g/mol. The van der Waals surface area contributed by atoms with Crippen molar-refractivity contribution in [3.05, 3.63) is 102 Å². The van der Waals surface area contributed by atoms with Crippen molar-refractivity contribution in [2.75, 3.05) is 18.1 Å². The Kier molecular flexibility index (Phi) is 7.54. The molecule has 0 unspecified atom stereocenters. The molecule has 158 valence electrons. The molecule has 0 aliphatic carbocycles. The van der Waals surface area contributed by atoms with Crippen LogP contribution in [0.3, 0.4) is 0 Å². The van der Waals surface area contributed by atoms with E-state index in [0.29, 0.717) is 16.8 Å². The Balaban J connectivity index is 1.71. The molecule has 0 bridgehead atoms. The Hall–Kier alpha value is -3.93. The molecule has 0 fully saturated rings. The maximum Gasteiger partial charge on any atom is 0.338 e. The number of hydrogen-bond acceptors (Lipinski definition) is 5. The quantitative estimate of drug-likeness (QED) is 0.512. The summed E-state index contributed by atoms with van der Waals surface area (Å²) in [5.41, 5.74) is 2.14. The molecule has 3 aromatic carbocycles. The summed E-state index contributed by atoms with van der Waals surface area (Å²) in [7, 11) is 0. The number of ether oxygens (including phenoxy) is 2. The molecule has 6 heteroatoms. The van der Waals surface area contributed by atoms with Crippen molar-refractivity contribution in [1.29, 1.82) is 0 Å². The van der Waals surface area contributed by atoms with E-state index in [4.69, 9.17) is 9.47 Å². The van der Waals surface area contributed by atoms with E-state index >= 15 is 0 Å². The fourth-order valence-electron chi connectivity index (χ4n) is 2.94. The summed E-state index contributed by atoms with van der Waals surface area (Å²) in [6.07, 6.45) is 0. The van der Waals surface area contributed by atoms with Gasteiger partial charge < -0.3 is 9.47 Å². The van der Waals surface area contributed by atoms with Crippen molar-refractivity contribution < 1.29 is 23.9 Å². The molecule has 0 saturated carbocycles. The molecule has 0 radical (unpaired) electrons. The smallest absolute Gasteiger partial charge is 0.338 e. The number of hydrogen-bond donors (Lipinski definition) is 0. The van der Waals surface area contributed by atoms with E-state index in [1.165, 1.54) is 17.0 Å². The van der Waals surface area contributed by atoms with Crippen LogP contribution in [-0.4, -0.2) is 31.0 Å². The molecule has 0 saturated heterocycles. The minimum Gasteiger partial charge on any atom is -0.465 e. The average Bonchev–Trinajstić information content (AvgIpc) is 2.82. The molecule has 31 heavy (non-hydrogen) atoms. The van der Waals surface area contributed by atoms with Gasteiger partial charge in [0.25, 0.3) is 5.91 Å². The molecule has 0 aliphatic heterocycles. The number of nitrogens with zero attached hydrogens (tertiary/aromatic N) is 1. The Morgan fingerprint density at radius 1 is 0.742 bits per heavy atom. The van der Waals surface area contributed by atoms with E-state index in [-0.39, 0.29) is 25.7 Å². The molecule has 0 heterocycles. The summed E-state index contributed by atoms with van der Waals surface area (Å²) in [5.74, 6) is -1.35. The summed E-state index contributed by atoms with van der Waals surface area (Å²) < 4.78 is 10.3. The van der Waals surface area contributed by atoms with Gasteiger partial charge in [-0.25, -0.2) is 4.79 Å². The van der Waals surface area contributed by atoms with Crippen LogP contribution in [0.15, 0.2) is 84.9 Å². The first-order chi connectivity index (χ1) is 15.1. The molecule has 6 nitrogen and oxygen atoms in total. The second-order valence-corrected chi connectivity index (χ2v) is 6.67. The topological polar surface area (TPSA) is 72.9 Å². The van der Waals surface area contributed by atoms with Gasteiger partial charge in [-0.15, -0.1) is 0 Å². The highest BCUT2D eigenvalue weighted by Gasteiger charge is 2.21. The van der Waals surface area contributed by atoms with Crippen LogP contribution in [0.25, 0.3) is 0 Å². The molecule has 0 aliphatic rings. The minimum absolute atomic E-state index is 0.168. The summed E-state index contributed by atoms with van der Waals surface area (Å²) in [4.78, 5) is 38.7.